The molecule has 0 radical (unpaired) electrons. The number of ether oxygens (including phenoxy) is 1. The van der Waals surface area contributed by atoms with Gasteiger partial charge in [0.2, 0.25) is 11.8 Å². The van der Waals surface area contributed by atoms with Crippen LogP contribution in [0.2, 0.25) is 0 Å². The SMILES string of the molecule is COc1ccc2ncc(F)c(NC(=O)C3CC4CN(Cc5ccccc5)OC4C3)c2n1. The molecule has 3 aromatic rings. The number of nitrogens with zero attached hydrogens (tertiary/aromatic N) is 3. The molecule has 0 bridgehead atoms. The van der Waals surface area contributed by atoms with Gasteiger partial charge in [0.15, 0.2) is 5.82 Å². The topological polar surface area (TPSA) is 76.6 Å². The van der Waals surface area contributed by atoms with Crippen molar-refractivity contribution in [2.45, 2.75) is 25.5 Å². The molecule has 1 aromatic carbocycles. The van der Waals surface area contributed by atoms with Crippen molar-refractivity contribution in [1.29, 1.82) is 0 Å². The fraction of sp³-hybridized carbons (Fsp3) is 0.348. The van der Waals surface area contributed by atoms with E-state index in [9.17, 15) is 9.18 Å². The van der Waals surface area contributed by atoms with Crippen LogP contribution in [0.1, 0.15) is 18.4 Å². The first-order valence-corrected chi connectivity index (χ1v) is 10.4. The highest BCUT2D eigenvalue weighted by Crippen LogP contribution is 2.40. The second kappa shape index (κ2) is 8.20. The minimum absolute atomic E-state index is 0.0108. The molecule has 3 atom stereocenters. The molecule has 3 heterocycles. The summed E-state index contributed by atoms with van der Waals surface area (Å²) >= 11 is 0. The van der Waals surface area contributed by atoms with E-state index in [0.717, 1.165) is 19.3 Å². The number of hydroxylamine groups is 2. The van der Waals surface area contributed by atoms with Crippen LogP contribution in [0.3, 0.4) is 0 Å². The van der Waals surface area contributed by atoms with Crippen LogP contribution in [0.4, 0.5) is 10.1 Å². The quantitative estimate of drug-likeness (QED) is 0.678. The number of fused-ring (bicyclic) bond motifs is 2. The van der Waals surface area contributed by atoms with E-state index >= 15 is 0 Å². The first kappa shape index (κ1) is 19.8. The predicted octanol–water partition coefficient (Wildman–Crippen LogP) is 3.56. The Morgan fingerprint density at radius 2 is 2.10 bits per heavy atom. The zero-order valence-electron chi connectivity index (χ0n) is 17.1. The van der Waals surface area contributed by atoms with Crippen LogP contribution >= 0.6 is 0 Å². The lowest BCUT2D eigenvalue weighted by Gasteiger charge is -2.18. The number of aromatic nitrogens is 2. The van der Waals surface area contributed by atoms with Crippen LogP contribution in [0.5, 0.6) is 5.88 Å². The fourth-order valence-corrected chi connectivity index (χ4v) is 4.49. The van der Waals surface area contributed by atoms with Crippen molar-refractivity contribution in [3.05, 3.63) is 60.0 Å². The Bertz CT molecular complexity index is 1100. The molecular weight excluding hydrogens is 399 g/mol. The summed E-state index contributed by atoms with van der Waals surface area (Å²) in [6, 6.07) is 13.5. The second-order valence-corrected chi connectivity index (χ2v) is 8.07. The molecule has 1 amide bonds. The molecule has 5 rings (SSSR count). The van der Waals surface area contributed by atoms with E-state index in [2.05, 4.69) is 27.4 Å². The molecule has 160 valence electrons. The van der Waals surface area contributed by atoms with Gasteiger partial charge in [-0.1, -0.05) is 30.3 Å². The maximum atomic E-state index is 14.5. The molecule has 8 heteroatoms. The molecule has 1 aliphatic heterocycles. The molecule has 2 aromatic heterocycles. The van der Waals surface area contributed by atoms with Gasteiger partial charge in [-0.25, -0.2) is 9.37 Å². The van der Waals surface area contributed by atoms with Crippen molar-refractivity contribution in [2.24, 2.45) is 11.8 Å². The number of carbonyl (C=O) groups is 1. The van der Waals surface area contributed by atoms with Gasteiger partial charge in [0.05, 0.1) is 24.9 Å². The van der Waals surface area contributed by atoms with E-state index in [-0.39, 0.29) is 35.1 Å². The highest BCUT2D eigenvalue weighted by molar-refractivity contribution is 6.00. The van der Waals surface area contributed by atoms with E-state index in [4.69, 9.17) is 9.57 Å². The average Bonchev–Trinajstić information content (AvgIpc) is 3.35. The first-order chi connectivity index (χ1) is 15.1. The fourth-order valence-electron chi connectivity index (χ4n) is 4.49. The summed E-state index contributed by atoms with van der Waals surface area (Å²) in [4.78, 5) is 27.3. The third kappa shape index (κ3) is 3.96. The molecule has 0 spiro atoms. The zero-order valence-corrected chi connectivity index (χ0v) is 17.1. The number of anilines is 1. The minimum atomic E-state index is -0.620. The lowest BCUT2D eigenvalue weighted by atomic mass is 10.0. The maximum Gasteiger partial charge on any atom is 0.227 e. The van der Waals surface area contributed by atoms with Crippen LogP contribution in [-0.4, -0.2) is 40.7 Å². The van der Waals surface area contributed by atoms with Crippen molar-refractivity contribution in [3.63, 3.8) is 0 Å². The lowest BCUT2D eigenvalue weighted by molar-refractivity contribution is -0.155. The number of amides is 1. The Kier molecular flexibility index (Phi) is 5.25. The zero-order chi connectivity index (χ0) is 21.4. The number of nitrogens with one attached hydrogen (secondary N) is 1. The third-order valence-electron chi connectivity index (χ3n) is 6.02. The molecule has 3 unspecified atom stereocenters. The molecule has 31 heavy (non-hydrogen) atoms. The molecule has 1 saturated heterocycles. The Labute approximate surface area is 179 Å². The highest BCUT2D eigenvalue weighted by atomic mass is 19.1. The van der Waals surface area contributed by atoms with Crippen molar-refractivity contribution in [1.82, 2.24) is 15.0 Å². The number of benzene rings is 1. The molecule has 7 nitrogen and oxygen atoms in total. The molecule has 1 N–H and O–H groups in total. The van der Waals surface area contributed by atoms with Crippen LogP contribution in [0, 0.1) is 17.7 Å². The van der Waals surface area contributed by atoms with Crippen molar-refractivity contribution in [2.75, 3.05) is 19.0 Å². The van der Waals surface area contributed by atoms with Crippen LogP contribution in [0.25, 0.3) is 11.0 Å². The average molecular weight is 422 g/mol. The van der Waals surface area contributed by atoms with E-state index in [1.165, 1.54) is 12.7 Å². The standard InChI is InChI=1S/C23H23FN4O3/c1-30-20-8-7-18-22(26-20)21(17(24)11-25-18)27-23(29)15-9-16-13-28(31-19(16)10-15)12-14-5-3-2-4-6-14/h2-8,11,15-16,19H,9-10,12-13H2,1H3,(H,25,27,29). The van der Waals surface area contributed by atoms with Gasteiger partial charge in [-0.2, -0.15) is 5.06 Å². The molecule has 2 aliphatic rings. The van der Waals surface area contributed by atoms with Crippen LogP contribution in [-0.2, 0) is 16.2 Å². The van der Waals surface area contributed by atoms with Crippen LogP contribution in [0.15, 0.2) is 48.7 Å². The summed E-state index contributed by atoms with van der Waals surface area (Å²) in [7, 11) is 1.48. The van der Waals surface area contributed by atoms with Gasteiger partial charge in [0.1, 0.15) is 11.2 Å². The maximum absolute atomic E-state index is 14.5. The summed E-state index contributed by atoms with van der Waals surface area (Å²) < 4.78 is 19.6. The van der Waals surface area contributed by atoms with Gasteiger partial charge in [-0.05, 0) is 24.5 Å². The van der Waals surface area contributed by atoms with Gasteiger partial charge in [0, 0.05) is 31.0 Å². The van der Waals surface area contributed by atoms with E-state index in [0.29, 0.717) is 24.2 Å². The lowest BCUT2D eigenvalue weighted by Crippen LogP contribution is -2.25. The normalized spacial score (nSPS) is 23.1. The number of pyridine rings is 2. The number of methoxy groups -OCH3 is 1. The number of rotatable bonds is 5. The van der Waals surface area contributed by atoms with Gasteiger partial charge >= 0.3 is 0 Å². The number of hydrogen-bond donors (Lipinski definition) is 1. The summed E-state index contributed by atoms with van der Waals surface area (Å²) in [5.74, 6) is -0.453. The second-order valence-electron chi connectivity index (χ2n) is 8.07. The Balaban J connectivity index is 1.26. The van der Waals surface area contributed by atoms with Crippen LogP contribution < -0.4 is 10.1 Å². The third-order valence-corrected chi connectivity index (χ3v) is 6.02. The Hall–Kier alpha value is -3.10. The Morgan fingerprint density at radius 1 is 1.26 bits per heavy atom. The minimum Gasteiger partial charge on any atom is -0.481 e. The van der Waals surface area contributed by atoms with Gasteiger partial charge in [-0.3, -0.25) is 14.6 Å². The summed E-state index contributed by atoms with van der Waals surface area (Å²) in [5.41, 5.74) is 1.99. The van der Waals surface area contributed by atoms with Gasteiger partial charge in [0.25, 0.3) is 0 Å². The van der Waals surface area contributed by atoms with Gasteiger partial charge < -0.3 is 10.1 Å². The first-order valence-electron chi connectivity index (χ1n) is 10.4. The van der Waals surface area contributed by atoms with Gasteiger partial charge in [-0.15, -0.1) is 0 Å². The molecule has 1 saturated carbocycles. The van der Waals surface area contributed by atoms with E-state index in [1.807, 2.05) is 23.3 Å². The number of carbonyl (C=O) groups excluding carboxylic acids is 1. The summed E-state index contributed by atoms with van der Waals surface area (Å²) in [6.45, 7) is 1.51. The molecule has 2 fully saturated rings. The smallest absolute Gasteiger partial charge is 0.227 e. The highest BCUT2D eigenvalue weighted by Gasteiger charge is 2.44. The largest absolute Gasteiger partial charge is 0.481 e. The van der Waals surface area contributed by atoms with Crippen molar-refractivity contribution >= 4 is 22.6 Å². The Morgan fingerprint density at radius 3 is 2.87 bits per heavy atom. The molecule has 1 aliphatic carbocycles. The monoisotopic (exact) mass is 422 g/mol. The number of halogens is 1. The summed E-state index contributed by atoms with van der Waals surface area (Å²) in [5, 5.41) is 4.72. The van der Waals surface area contributed by atoms with E-state index < -0.39 is 5.82 Å². The molecular formula is C23H23FN4O3. The van der Waals surface area contributed by atoms with Crippen molar-refractivity contribution < 1.29 is 18.8 Å². The van der Waals surface area contributed by atoms with E-state index in [1.54, 1.807) is 12.1 Å². The summed E-state index contributed by atoms with van der Waals surface area (Å²) in [6.07, 6.45) is 2.43. The van der Waals surface area contributed by atoms with Crippen molar-refractivity contribution in [3.8, 4) is 5.88 Å². The predicted molar refractivity (Wildman–Crippen MR) is 113 cm³/mol. The number of hydrogen-bond acceptors (Lipinski definition) is 6.